The molecule has 0 saturated carbocycles. The summed E-state index contributed by atoms with van der Waals surface area (Å²) in [5.74, 6) is -1.99. The van der Waals surface area contributed by atoms with Crippen LogP contribution < -0.4 is 4.74 Å². The van der Waals surface area contributed by atoms with Crippen molar-refractivity contribution in [2.24, 2.45) is 0 Å². The molecule has 13 heteroatoms. The summed E-state index contributed by atoms with van der Waals surface area (Å²) in [7, 11) is 1.96. The number of aliphatic hydroxyl groups excluding tert-OH is 1. The first-order valence-corrected chi connectivity index (χ1v) is 13.9. The first-order valence-electron chi connectivity index (χ1n) is 13.9. The van der Waals surface area contributed by atoms with E-state index in [0.717, 1.165) is 11.1 Å². The van der Waals surface area contributed by atoms with Crippen molar-refractivity contribution in [2.45, 2.75) is 101 Å². The Morgan fingerprint density at radius 3 is 2.62 bits per heavy atom. The van der Waals surface area contributed by atoms with Gasteiger partial charge >= 0.3 is 18.1 Å². The molecule has 1 aromatic carbocycles. The second-order valence-electron chi connectivity index (χ2n) is 12.4. The Bertz CT molecular complexity index is 1320. The summed E-state index contributed by atoms with van der Waals surface area (Å²) in [6.07, 6.45) is -5.22. The number of carbonyl (C=O) groups excluding carboxylic acids is 2. The summed E-state index contributed by atoms with van der Waals surface area (Å²) in [6.45, 7) is 6.69. The van der Waals surface area contributed by atoms with Gasteiger partial charge in [0.2, 0.25) is 0 Å². The van der Waals surface area contributed by atoms with Crippen LogP contribution in [0, 0.1) is 0 Å². The fourth-order valence-electron chi connectivity index (χ4n) is 6.76. The number of carboxylic acid groups (broad SMARTS) is 1. The van der Waals surface area contributed by atoms with Gasteiger partial charge in [0.1, 0.15) is 11.4 Å². The van der Waals surface area contributed by atoms with Gasteiger partial charge in [0.05, 0.1) is 17.4 Å². The van der Waals surface area contributed by atoms with Gasteiger partial charge in [-0.3, -0.25) is 4.79 Å². The Morgan fingerprint density at radius 2 is 1.95 bits per heavy atom. The van der Waals surface area contributed by atoms with Crippen molar-refractivity contribution in [2.75, 3.05) is 13.6 Å². The summed E-state index contributed by atoms with van der Waals surface area (Å²) >= 11 is 0. The zero-order valence-electron chi connectivity index (χ0n) is 24.2. The first kappa shape index (κ1) is 30.1. The number of likely N-dealkylation sites (N-methyl/N-ethyl adjacent to an activating group) is 1. The standard InChI is InChI=1S/C29H37NO12/c1-14(38-25(35)18(13-20(32)33)40-26(36)42-27(2,3)4)24(34)39-17-8-9-29(37)19-12-15-6-7-16(31)22-21(15)28(29,23(17)41-22)10-11-30(19)5/h6-8,14,18-19,23,25,31,35,37H,9-13H2,1-5H3,(H,32,33)/t14-,18-,19+,23-,25?,28-,29+/m0/s1. The van der Waals surface area contributed by atoms with Crippen LogP contribution in [-0.2, 0) is 40.4 Å². The van der Waals surface area contributed by atoms with E-state index < -0.39 is 65.7 Å². The molecule has 4 N–H and O–H groups in total. The van der Waals surface area contributed by atoms with Gasteiger partial charge in [-0.1, -0.05) is 6.07 Å². The van der Waals surface area contributed by atoms with E-state index in [1.165, 1.54) is 6.92 Å². The lowest BCUT2D eigenvalue weighted by atomic mass is 9.50. The largest absolute Gasteiger partial charge is 0.509 e. The molecule has 4 aliphatic rings. The number of carboxylic acids is 1. The molecule has 0 aromatic heterocycles. The molecule has 13 nitrogen and oxygen atoms in total. The number of hydrogen-bond acceptors (Lipinski definition) is 12. The number of aliphatic hydroxyl groups is 2. The Kier molecular flexibility index (Phi) is 7.45. The van der Waals surface area contributed by atoms with E-state index in [-0.39, 0.29) is 29.7 Å². The number of nitrogens with zero attached hydrogens (tertiary/aromatic N) is 1. The number of phenolic OH excluding ortho intramolecular Hbond substituents is 1. The van der Waals surface area contributed by atoms with Crippen LogP contribution >= 0.6 is 0 Å². The van der Waals surface area contributed by atoms with Crippen LogP contribution in [0.1, 0.15) is 58.1 Å². The normalized spacial score (nSPS) is 29.7. The van der Waals surface area contributed by atoms with E-state index in [1.807, 2.05) is 13.1 Å². The number of hydrogen-bond donors (Lipinski definition) is 4. The first-order chi connectivity index (χ1) is 19.6. The monoisotopic (exact) mass is 591 g/mol. The average molecular weight is 592 g/mol. The molecule has 2 bridgehead atoms. The quantitative estimate of drug-likeness (QED) is 0.254. The summed E-state index contributed by atoms with van der Waals surface area (Å²) in [4.78, 5) is 38.7. The van der Waals surface area contributed by atoms with Crippen molar-refractivity contribution >= 4 is 18.1 Å². The molecule has 2 heterocycles. The van der Waals surface area contributed by atoms with E-state index in [0.29, 0.717) is 19.4 Å². The van der Waals surface area contributed by atoms with Crippen molar-refractivity contribution < 1.29 is 58.5 Å². The van der Waals surface area contributed by atoms with Crippen LogP contribution in [0.2, 0.25) is 0 Å². The summed E-state index contributed by atoms with van der Waals surface area (Å²) in [5.41, 5.74) is -1.45. The van der Waals surface area contributed by atoms with Crippen molar-refractivity contribution in [3.05, 3.63) is 35.1 Å². The molecule has 0 radical (unpaired) electrons. The maximum absolute atomic E-state index is 13.2. The summed E-state index contributed by atoms with van der Waals surface area (Å²) in [6, 6.07) is 3.17. The van der Waals surface area contributed by atoms with Gasteiger partial charge in [0.25, 0.3) is 0 Å². The van der Waals surface area contributed by atoms with Crippen LogP contribution in [-0.4, -0.2) is 98.9 Å². The van der Waals surface area contributed by atoms with E-state index in [2.05, 4.69) is 4.90 Å². The SMILES string of the molecule is C[C@H](OC(O)[C@H](CC(=O)O)OC(=O)OC(C)(C)C)C(=O)OC1=CC[C@@]2(O)[C@H]3Cc4ccc(O)c5c4[C@@]2(CCN3C)[C@H]1O5. The van der Waals surface area contributed by atoms with E-state index in [1.54, 1.807) is 32.9 Å². The highest BCUT2D eigenvalue weighted by Crippen LogP contribution is 2.65. The number of phenols is 1. The summed E-state index contributed by atoms with van der Waals surface area (Å²) < 4.78 is 27.3. The number of benzene rings is 1. The van der Waals surface area contributed by atoms with Crippen LogP contribution in [0.4, 0.5) is 4.79 Å². The smallest absolute Gasteiger partial charge is 0.504 e. The third-order valence-electron chi connectivity index (χ3n) is 8.58. The molecule has 2 aliphatic carbocycles. The zero-order chi connectivity index (χ0) is 30.8. The number of carbonyl (C=O) groups is 3. The maximum Gasteiger partial charge on any atom is 0.509 e. The zero-order valence-corrected chi connectivity index (χ0v) is 24.2. The van der Waals surface area contributed by atoms with Crippen molar-refractivity contribution in [1.29, 1.82) is 0 Å². The minimum atomic E-state index is -2.00. The summed E-state index contributed by atoms with van der Waals surface area (Å²) in [5, 5.41) is 42.6. The molecule has 0 amide bonds. The number of piperidine rings is 1. The van der Waals surface area contributed by atoms with Crippen LogP contribution in [0.3, 0.4) is 0 Å². The highest BCUT2D eigenvalue weighted by atomic mass is 16.8. The van der Waals surface area contributed by atoms with Gasteiger partial charge in [-0.05, 0) is 71.8 Å². The van der Waals surface area contributed by atoms with Crippen LogP contribution in [0.15, 0.2) is 24.0 Å². The molecular weight excluding hydrogens is 554 g/mol. The predicted molar refractivity (Wildman–Crippen MR) is 143 cm³/mol. The number of aromatic hydroxyl groups is 1. The number of ether oxygens (including phenoxy) is 5. The highest BCUT2D eigenvalue weighted by molar-refractivity contribution is 5.76. The number of likely N-dealkylation sites (tertiary alicyclic amines) is 1. The average Bonchev–Trinajstić information content (AvgIpc) is 3.23. The Labute approximate surface area is 242 Å². The van der Waals surface area contributed by atoms with Crippen LogP contribution in [0.25, 0.3) is 0 Å². The lowest BCUT2D eigenvalue weighted by Gasteiger charge is -2.61. The van der Waals surface area contributed by atoms with E-state index in [9.17, 15) is 34.8 Å². The van der Waals surface area contributed by atoms with Crippen molar-refractivity contribution in [3.63, 3.8) is 0 Å². The number of rotatable bonds is 8. The molecule has 1 saturated heterocycles. The van der Waals surface area contributed by atoms with E-state index >= 15 is 0 Å². The van der Waals surface area contributed by atoms with Gasteiger partial charge in [0, 0.05) is 18.0 Å². The second-order valence-corrected chi connectivity index (χ2v) is 12.4. The molecule has 230 valence electrons. The third kappa shape index (κ3) is 4.87. The molecule has 1 unspecified atom stereocenters. The minimum Gasteiger partial charge on any atom is -0.504 e. The molecule has 7 atom stereocenters. The highest BCUT2D eigenvalue weighted by Gasteiger charge is 2.72. The Morgan fingerprint density at radius 1 is 1.24 bits per heavy atom. The Hall–Kier alpha value is -3.39. The molecular formula is C29H37NO12. The fourth-order valence-corrected chi connectivity index (χ4v) is 6.76. The second kappa shape index (κ2) is 10.4. The molecule has 1 spiro atoms. The van der Waals surface area contributed by atoms with Crippen molar-refractivity contribution in [1.82, 2.24) is 4.90 Å². The minimum absolute atomic E-state index is 0.0720. The lowest BCUT2D eigenvalue weighted by molar-refractivity contribution is -0.207. The van der Waals surface area contributed by atoms with Gasteiger partial charge in [-0.25, -0.2) is 9.59 Å². The van der Waals surface area contributed by atoms with Gasteiger partial charge < -0.3 is 49.0 Å². The van der Waals surface area contributed by atoms with Gasteiger partial charge in [-0.15, -0.1) is 0 Å². The number of esters is 1. The molecule has 1 aromatic rings. The van der Waals surface area contributed by atoms with E-state index in [4.69, 9.17) is 23.7 Å². The van der Waals surface area contributed by atoms with Crippen molar-refractivity contribution in [3.8, 4) is 11.5 Å². The maximum atomic E-state index is 13.2. The third-order valence-corrected chi connectivity index (χ3v) is 8.58. The molecule has 42 heavy (non-hydrogen) atoms. The fraction of sp³-hybridized carbons (Fsp3) is 0.621. The lowest BCUT2D eigenvalue weighted by Crippen LogP contribution is -2.74. The number of aliphatic carboxylic acids is 1. The molecule has 5 rings (SSSR count). The predicted octanol–water partition coefficient (Wildman–Crippen LogP) is 1.73. The van der Waals surface area contributed by atoms with Gasteiger partial charge in [0.15, 0.2) is 36.1 Å². The van der Waals surface area contributed by atoms with Crippen LogP contribution in [0.5, 0.6) is 11.5 Å². The molecule has 1 fully saturated rings. The topological polar surface area (TPSA) is 182 Å². The van der Waals surface area contributed by atoms with Gasteiger partial charge in [-0.2, -0.15) is 0 Å². The molecule has 2 aliphatic heterocycles. The Balaban J connectivity index is 1.34.